The predicted molar refractivity (Wildman–Crippen MR) is 66.7 cm³/mol. The summed E-state index contributed by atoms with van der Waals surface area (Å²) in [7, 11) is -2.94. The maximum Gasteiger partial charge on any atom is 0.537 e. The van der Waals surface area contributed by atoms with Gasteiger partial charge in [-0.2, -0.15) is 0 Å². The molecule has 0 aliphatic rings. The first-order valence-corrected chi connectivity index (χ1v) is 7.58. The summed E-state index contributed by atoms with van der Waals surface area (Å²) < 4.78 is 30.3. The molecule has 1 aromatic rings. The second-order valence-corrected chi connectivity index (χ2v) is 5.92. The number of hydrogen-bond donors (Lipinski definition) is 0. The molecule has 1 aromatic carbocycles. The zero-order valence-corrected chi connectivity index (χ0v) is 11.5. The Morgan fingerprint density at radius 3 is 1.94 bits per heavy atom. The summed E-state index contributed by atoms with van der Waals surface area (Å²) in [5.41, 5.74) is 0. The zero-order chi connectivity index (χ0) is 12.7. The standard InChI is InChI=1S/C12H19FO3Si/c1-4-14-17(15-5-2,16-6-3)12-9-7-8-11(13)10-12/h7-10H,4-6H2,1-3H3. The molecule has 17 heavy (non-hydrogen) atoms. The van der Waals surface area contributed by atoms with Gasteiger partial charge in [0.1, 0.15) is 5.82 Å². The van der Waals surface area contributed by atoms with Crippen molar-refractivity contribution in [3.63, 3.8) is 0 Å². The lowest BCUT2D eigenvalue weighted by molar-refractivity contribution is 0.0858. The molecular formula is C12H19FO3Si. The van der Waals surface area contributed by atoms with E-state index >= 15 is 0 Å². The Bertz CT molecular complexity index is 329. The van der Waals surface area contributed by atoms with Gasteiger partial charge < -0.3 is 13.3 Å². The maximum atomic E-state index is 13.3. The Kier molecular flexibility index (Phi) is 5.77. The van der Waals surface area contributed by atoms with Gasteiger partial charge in [0.15, 0.2) is 0 Å². The lowest BCUT2D eigenvalue weighted by Gasteiger charge is -2.28. The molecule has 0 saturated heterocycles. The van der Waals surface area contributed by atoms with Crippen molar-refractivity contribution >= 4 is 14.0 Å². The van der Waals surface area contributed by atoms with Gasteiger partial charge >= 0.3 is 8.80 Å². The fourth-order valence-corrected chi connectivity index (χ4v) is 4.13. The van der Waals surface area contributed by atoms with Crippen LogP contribution >= 0.6 is 0 Å². The molecule has 1 rings (SSSR count). The largest absolute Gasteiger partial charge is 0.537 e. The van der Waals surface area contributed by atoms with Crippen LogP contribution in [0.4, 0.5) is 4.39 Å². The molecule has 3 nitrogen and oxygen atoms in total. The molecule has 0 atom stereocenters. The quantitative estimate of drug-likeness (QED) is 0.701. The summed E-state index contributed by atoms with van der Waals surface area (Å²) in [5, 5.41) is 0.669. The molecule has 0 aliphatic heterocycles. The van der Waals surface area contributed by atoms with Crippen LogP contribution in [0.2, 0.25) is 0 Å². The van der Waals surface area contributed by atoms with Gasteiger partial charge in [0.05, 0.1) is 0 Å². The van der Waals surface area contributed by atoms with Gasteiger partial charge in [-0.15, -0.1) is 0 Å². The SMILES string of the molecule is CCO[Si](OCC)(OCC)c1cccc(F)c1. The summed E-state index contributed by atoms with van der Waals surface area (Å²) >= 11 is 0. The van der Waals surface area contributed by atoms with E-state index in [4.69, 9.17) is 13.3 Å². The highest BCUT2D eigenvalue weighted by atomic mass is 28.4. The monoisotopic (exact) mass is 258 g/mol. The number of halogens is 1. The van der Waals surface area contributed by atoms with Crippen molar-refractivity contribution in [1.29, 1.82) is 0 Å². The smallest absolute Gasteiger partial charge is 0.370 e. The molecule has 0 radical (unpaired) electrons. The van der Waals surface area contributed by atoms with Crippen molar-refractivity contribution in [2.45, 2.75) is 20.8 Å². The van der Waals surface area contributed by atoms with E-state index < -0.39 is 8.80 Å². The first-order valence-electron chi connectivity index (χ1n) is 5.86. The summed E-state index contributed by atoms with van der Waals surface area (Å²) in [6, 6.07) is 6.25. The molecule has 0 aliphatic carbocycles. The number of benzene rings is 1. The van der Waals surface area contributed by atoms with Crippen molar-refractivity contribution < 1.29 is 17.7 Å². The van der Waals surface area contributed by atoms with Gasteiger partial charge in [0, 0.05) is 25.0 Å². The fraction of sp³-hybridized carbons (Fsp3) is 0.500. The van der Waals surface area contributed by atoms with Gasteiger partial charge in [-0.1, -0.05) is 12.1 Å². The van der Waals surface area contributed by atoms with Gasteiger partial charge in [-0.05, 0) is 32.9 Å². The Balaban J connectivity index is 3.09. The van der Waals surface area contributed by atoms with Crippen LogP contribution in [0.25, 0.3) is 0 Å². The van der Waals surface area contributed by atoms with Crippen molar-refractivity contribution in [2.24, 2.45) is 0 Å². The molecule has 0 bridgehead atoms. The zero-order valence-electron chi connectivity index (χ0n) is 10.5. The lowest BCUT2D eigenvalue weighted by atomic mass is 10.3. The summed E-state index contributed by atoms with van der Waals surface area (Å²) in [4.78, 5) is 0. The second kappa shape index (κ2) is 6.86. The third-order valence-electron chi connectivity index (χ3n) is 2.18. The highest BCUT2D eigenvalue weighted by Gasteiger charge is 2.43. The fourth-order valence-electron chi connectivity index (χ4n) is 1.62. The minimum atomic E-state index is -2.94. The lowest BCUT2D eigenvalue weighted by Crippen LogP contribution is -2.57. The highest BCUT2D eigenvalue weighted by molar-refractivity contribution is 6.75. The van der Waals surface area contributed by atoms with E-state index in [9.17, 15) is 4.39 Å². The molecule has 96 valence electrons. The van der Waals surface area contributed by atoms with Crippen molar-refractivity contribution in [1.82, 2.24) is 0 Å². The average molecular weight is 258 g/mol. The number of hydrogen-bond acceptors (Lipinski definition) is 3. The molecule has 0 aromatic heterocycles. The van der Waals surface area contributed by atoms with Crippen LogP contribution in [-0.4, -0.2) is 28.6 Å². The summed E-state index contributed by atoms with van der Waals surface area (Å²) in [6.07, 6.45) is 0. The molecule has 0 amide bonds. The van der Waals surface area contributed by atoms with Crippen LogP contribution in [0.15, 0.2) is 24.3 Å². The Hall–Kier alpha value is -0.753. The second-order valence-electron chi connectivity index (χ2n) is 3.37. The third kappa shape index (κ3) is 3.60. The van der Waals surface area contributed by atoms with Crippen LogP contribution in [0.5, 0.6) is 0 Å². The molecule has 0 N–H and O–H groups in total. The summed E-state index contributed by atoms with van der Waals surface area (Å²) in [6.45, 7) is 7.05. The molecule has 0 spiro atoms. The minimum absolute atomic E-state index is 0.307. The van der Waals surface area contributed by atoms with E-state index in [2.05, 4.69) is 0 Å². The first-order chi connectivity index (χ1) is 8.18. The van der Waals surface area contributed by atoms with E-state index in [1.807, 2.05) is 20.8 Å². The first kappa shape index (κ1) is 14.3. The molecule has 5 heteroatoms. The van der Waals surface area contributed by atoms with E-state index in [-0.39, 0.29) is 5.82 Å². The van der Waals surface area contributed by atoms with Gasteiger partial charge in [-0.25, -0.2) is 4.39 Å². The van der Waals surface area contributed by atoms with Crippen LogP contribution in [0.1, 0.15) is 20.8 Å². The average Bonchev–Trinajstić information content (AvgIpc) is 2.30. The van der Waals surface area contributed by atoms with Crippen LogP contribution in [0.3, 0.4) is 0 Å². The summed E-state index contributed by atoms with van der Waals surface area (Å²) in [5.74, 6) is -0.307. The Morgan fingerprint density at radius 1 is 1.00 bits per heavy atom. The predicted octanol–water partition coefficient (Wildman–Crippen LogP) is 2.08. The van der Waals surface area contributed by atoms with Gasteiger partial charge in [0.2, 0.25) is 0 Å². The normalized spacial score (nSPS) is 11.8. The Morgan fingerprint density at radius 2 is 1.53 bits per heavy atom. The van der Waals surface area contributed by atoms with Crippen molar-refractivity contribution in [3.8, 4) is 0 Å². The minimum Gasteiger partial charge on any atom is -0.370 e. The Labute approximate surface area is 103 Å². The van der Waals surface area contributed by atoms with Gasteiger partial charge in [-0.3, -0.25) is 0 Å². The topological polar surface area (TPSA) is 27.7 Å². The maximum absolute atomic E-state index is 13.3. The van der Waals surface area contributed by atoms with E-state index in [1.165, 1.54) is 12.1 Å². The molecule has 0 unspecified atom stereocenters. The van der Waals surface area contributed by atoms with Crippen LogP contribution < -0.4 is 5.19 Å². The van der Waals surface area contributed by atoms with E-state index in [1.54, 1.807) is 12.1 Å². The molecule has 0 heterocycles. The van der Waals surface area contributed by atoms with Crippen LogP contribution in [0, 0.1) is 5.82 Å². The molecular weight excluding hydrogens is 239 g/mol. The van der Waals surface area contributed by atoms with E-state index in [0.29, 0.717) is 25.0 Å². The van der Waals surface area contributed by atoms with Gasteiger partial charge in [0.25, 0.3) is 0 Å². The van der Waals surface area contributed by atoms with Crippen LogP contribution in [-0.2, 0) is 13.3 Å². The number of rotatable bonds is 7. The van der Waals surface area contributed by atoms with E-state index in [0.717, 1.165) is 0 Å². The molecule has 0 saturated carbocycles. The van der Waals surface area contributed by atoms with Crippen molar-refractivity contribution in [3.05, 3.63) is 30.1 Å². The van der Waals surface area contributed by atoms with Crippen molar-refractivity contribution in [2.75, 3.05) is 19.8 Å². The molecule has 0 fully saturated rings. The highest BCUT2D eigenvalue weighted by Crippen LogP contribution is 2.11. The third-order valence-corrected chi connectivity index (χ3v) is 5.21.